The van der Waals surface area contributed by atoms with E-state index in [2.05, 4.69) is 28.8 Å². The van der Waals surface area contributed by atoms with Gasteiger partial charge in [0.15, 0.2) is 0 Å². The van der Waals surface area contributed by atoms with Crippen LogP contribution in [0.5, 0.6) is 11.5 Å². The second-order valence-electron chi connectivity index (χ2n) is 6.17. The van der Waals surface area contributed by atoms with E-state index in [9.17, 15) is 4.79 Å². The Kier molecular flexibility index (Phi) is 5.79. The van der Waals surface area contributed by atoms with E-state index in [4.69, 9.17) is 9.47 Å². The summed E-state index contributed by atoms with van der Waals surface area (Å²) in [6.07, 6.45) is 5.32. The molecule has 0 saturated heterocycles. The van der Waals surface area contributed by atoms with Gasteiger partial charge in [0.05, 0.1) is 14.2 Å². The molecule has 0 radical (unpaired) electrons. The summed E-state index contributed by atoms with van der Waals surface area (Å²) in [6.45, 7) is 0.480. The van der Waals surface area contributed by atoms with E-state index in [-0.39, 0.29) is 6.03 Å². The van der Waals surface area contributed by atoms with Gasteiger partial charge in [0.2, 0.25) is 0 Å². The zero-order valence-electron chi connectivity index (χ0n) is 15.2. The maximum absolute atomic E-state index is 12.1. The van der Waals surface area contributed by atoms with Crippen LogP contribution < -0.4 is 20.1 Å². The Labute approximate surface area is 154 Å². The van der Waals surface area contributed by atoms with Gasteiger partial charge in [-0.15, -0.1) is 0 Å². The van der Waals surface area contributed by atoms with Crippen molar-refractivity contribution in [2.45, 2.75) is 19.3 Å². The Morgan fingerprint density at radius 2 is 1.77 bits per heavy atom. The number of methoxy groups -OCH3 is 2. The van der Waals surface area contributed by atoms with Gasteiger partial charge < -0.3 is 20.1 Å². The fourth-order valence-corrected chi connectivity index (χ4v) is 3.13. The molecule has 3 rings (SSSR count). The number of hydrogen-bond donors (Lipinski definition) is 2. The molecule has 1 aliphatic carbocycles. The molecule has 2 aromatic carbocycles. The quantitative estimate of drug-likeness (QED) is 0.846. The van der Waals surface area contributed by atoms with Crippen LogP contribution in [0.1, 0.15) is 24.0 Å². The van der Waals surface area contributed by atoms with Crippen molar-refractivity contribution in [3.8, 4) is 11.5 Å². The van der Waals surface area contributed by atoms with Crippen molar-refractivity contribution in [3.63, 3.8) is 0 Å². The average Bonchev–Trinajstić information content (AvgIpc) is 2.68. The number of allylic oxidation sites excluding steroid dienone is 1. The van der Waals surface area contributed by atoms with Crippen LogP contribution in [0.2, 0.25) is 0 Å². The Morgan fingerprint density at radius 1 is 1.04 bits per heavy atom. The van der Waals surface area contributed by atoms with E-state index in [0.717, 1.165) is 36.4 Å². The third kappa shape index (κ3) is 4.36. The van der Waals surface area contributed by atoms with Crippen molar-refractivity contribution in [3.05, 3.63) is 59.7 Å². The zero-order valence-corrected chi connectivity index (χ0v) is 15.2. The monoisotopic (exact) mass is 352 g/mol. The van der Waals surface area contributed by atoms with E-state index < -0.39 is 0 Å². The van der Waals surface area contributed by atoms with Crippen LogP contribution >= 0.6 is 0 Å². The fourth-order valence-electron chi connectivity index (χ4n) is 3.13. The summed E-state index contributed by atoms with van der Waals surface area (Å²) < 4.78 is 10.4. The highest BCUT2D eigenvalue weighted by Gasteiger charge is 2.14. The van der Waals surface area contributed by atoms with Gasteiger partial charge in [0.25, 0.3) is 0 Å². The van der Waals surface area contributed by atoms with Gasteiger partial charge in [-0.25, -0.2) is 4.79 Å². The third-order valence-electron chi connectivity index (χ3n) is 4.51. The lowest BCUT2D eigenvalue weighted by Gasteiger charge is -2.20. The maximum atomic E-state index is 12.1. The second-order valence-corrected chi connectivity index (χ2v) is 6.17. The Hall–Kier alpha value is -2.95. The summed E-state index contributed by atoms with van der Waals surface area (Å²) in [4.78, 5) is 12.1. The topological polar surface area (TPSA) is 59.6 Å². The normalized spacial score (nSPS) is 14.5. The molecule has 0 aromatic heterocycles. The molecule has 5 heteroatoms. The fraction of sp³-hybridized carbons (Fsp3) is 0.286. The smallest absolute Gasteiger partial charge is 0.319 e. The molecule has 0 aliphatic heterocycles. The molecular weight excluding hydrogens is 328 g/mol. The zero-order chi connectivity index (χ0) is 18.4. The number of aryl methyl sites for hydroxylation is 1. The van der Waals surface area contributed by atoms with Crippen LogP contribution in [0.15, 0.2) is 48.5 Å². The molecule has 136 valence electrons. The van der Waals surface area contributed by atoms with E-state index in [1.807, 2.05) is 18.2 Å². The summed E-state index contributed by atoms with van der Waals surface area (Å²) in [5.41, 5.74) is 4.55. The van der Waals surface area contributed by atoms with Crippen LogP contribution in [0.3, 0.4) is 0 Å². The number of nitrogens with one attached hydrogen (secondary N) is 2. The van der Waals surface area contributed by atoms with E-state index >= 15 is 0 Å². The summed E-state index contributed by atoms with van der Waals surface area (Å²) in [6, 6.07) is 13.2. The predicted octanol–water partition coefficient (Wildman–Crippen LogP) is 4.25. The van der Waals surface area contributed by atoms with Crippen LogP contribution in [0.25, 0.3) is 5.57 Å². The highest BCUT2D eigenvalue weighted by molar-refractivity contribution is 5.89. The molecule has 2 amide bonds. The van der Waals surface area contributed by atoms with Gasteiger partial charge in [-0.2, -0.15) is 0 Å². The largest absolute Gasteiger partial charge is 0.497 e. The third-order valence-corrected chi connectivity index (χ3v) is 4.51. The van der Waals surface area contributed by atoms with Gasteiger partial charge in [0, 0.05) is 12.2 Å². The van der Waals surface area contributed by atoms with E-state index in [0.29, 0.717) is 6.54 Å². The molecule has 1 aliphatic rings. The first kappa shape index (κ1) is 17.9. The number of amides is 2. The Bertz CT molecular complexity index is 797. The second kappa shape index (κ2) is 8.43. The van der Waals surface area contributed by atoms with Gasteiger partial charge >= 0.3 is 6.03 Å². The molecule has 0 heterocycles. The lowest BCUT2D eigenvalue weighted by Crippen LogP contribution is -2.28. The SMILES string of the molecule is COc1ccc(NC(=O)NCC=C2CCCc3ccc(OC)cc32)cc1. The van der Waals surface area contributed by atoms with Crippen LogP contribution in [0.4, 0.5) is 10.5 Å². The number of urea groups is 1. The van der Waals surface area contributed by atoms with Crippen molar-refractivity contribution in [1.82, 2.24) is 5.32 Å². The number of hydrogen-bond acceptors (Lipinski definition) is 3. The molecule has 0 spiro atoms. The summed E-state index contributed by atoms with van der Waals surface area (Å²) in [5.74, 6) is 1.62. The van der Waals surface area contributed by atoms with Gasteiger partial charge in [-0.05, 0) is 72.4 Å². The molecule has 2 aromatic rings. The van der Waals surface area contributed by atoms with Crippen LogP contribution in [0, 0.1) is 0 Å². The minimum Gasteiger partial charge on any atom is -0.497 e. The van der Waals surface area contributed by atoms with Crippen molar-refractivity contribution in [2.24, 2.45) is 0 Å². The summed E-state index contributed by atoms with van der Waals surface area (Å²) >= 11 is 0. The number of ether oxygens (including phenoxy) is 2. The minimum atomic E-state index is -0.228. The first-order valence-electron chi connectivity index (χ1n) is 8.75. The lowest BCUT2D eigenvalue weighted by atomic mass is 9.87. The van der Waals surface area contributed by atoms with Crippen molar-refractivity contribution in [1.29, 1.82) is 0 Å². The standard InChI is InChI=1S/C21H24N2O3/c1-25-18-10-7-17(8-11-18)23-21(24)22-13-12-16-5-3-4-15-6-9-19(26-2)14-20(15)16/h6-12,14H,3-5,13H2,1-2H3,(H2,22,23,24). The van der Waals surface area contributed by atoms with Gasteiger partial charge in [-0.3, -0.25) is 0 Å². The number of anilines is 1. The molecule has 0 bridgehead atoms. The molecule has 0 atom stereocenters. The van der Waals surface area contributed by atoms with Crippen LogP contribution in [-0.2, 0) is 6.42 Å². The average molecular weight is 352 g/mol. The molecule has 2 N–H and O–H groups in total. The van der Waals surface area contributed by atoms with Crippen molar-refractivity contribution in [2.75, 3.05) is 26.1 Å². The molecule has 26 heavy (non-hydrogen) atoms. The number of rotatable bonds is 5. The number of carbonyl (C=O) groups excluding carboxylic acids is 1. The number of fused-ring (bicyclic) bond motifs is 1. The highest BCUT2D eigenvalue weighted by atomic mass is 16.5. The molecular formula is C21H24N2O3. The van der Waals surface area contributed by atoms with E-state index in [1.165, 1.54) is 16.7 Å². The highest BCUT2D eigenvalue weighted by Crippen LogP contribution is 2.33. The summed E-state index contributed by atoms with van der Waals surface area (Å²) in [7, 11) is 3.29. The Balaban J connectivity index is 1.59. The Morgan fingerprint density at radius 3 is 2.50 bits per heavy atom. The molecule has 0 unspecified atom stereocenters. The maximum Gasteiger partial charge on any atom is 0.319 e. The minimum absolute atomic E-state index is 0.228. The van der Waals surface area contributed by atoms with Crippen molar-refractivity contribution < 1.29 is 14.3 Å². The number of carbonyl (C=O) groups is 1. The summed E-state index contributed by atoms with van der Waals surface area (Å²) in [5, 5.41) is 5.69. The van der Waals surface area contributed by atoms with Gasteiger partial charge in [-0.1, -0.05) is 12.1 Å². The molecule has 0 saturated carbocycles. The molecule has 5 nitrogen and oxygen atoms in total. The first-order chi connectivity index (χ1) is 12.7. The molecule has 0 fully saturated rings. The van der Waals surface area contributed by atoms with Crippen LogP contribution in [-0.4, -0.2) is 26.8 Å². The number of benzene rings is 2. The first-order valence-corrected chi connectivity index (χ1v) is 8.75. The predicted molar refractivity (Wildman–Crippen MR) is 104 cm³/mol. The lowest BCUT2D eigenvalue weighted by molar-refractivity contribution is 0.253. The van der Waals surface area contributed by atoms with Crippen molar-refractivity contribution >= 4 is 17.3 Å². The van der Waals surface area contributed by atoms with E-state index in [1.54, 1.807) is 26.4 Å². The van der Waals surface area contributed by atoms with Gasteiger partial charge in [0.1, 0.15) is 11.5 Å².